The number of aliphatic carboxylic acids is 2. The minimum Gasteiger partial charge on any atom is 0 e. The van der Waals surface area contributed by atoms with Crippen molar-refractivity contribution in [3.8, 4) is 0 Å². The van der Waals surface area contributed by atoms with E-state index in [4.69, 9.17) is 28.8 Å². The fraction of sp³-hybridized carbons (Fsp3) is 0.579. The number of rotatable bonds is 6. The molecule has 29 heavy (non-hydrogen) atoms. The first-order chi connectivity index (χ1) is 12.9. The minimum atomic E-state index is -1.19. The van der Waals surface area contributed by atoms with Crippen LogP contribution >= 0.6 is 7.92 Å². The Morgan fingerprint density at radius 3 is 0.793 bits per heavy atom. The van der Waals surface area contributed by atoms with Crippen LogP contribution in [0, 0.1) is 38.4 Å². The second kappa shape index (κ2) is 34.5. The van der Waals surface area contributed by atoms with E-state index in [0.717, 1.165) is 17.0 Å². The summed E-state index contributed by atoms with van der Waals surface area (Å²) in [5, 5.41) is 16.6. The van der Waals surface area contributed by atoms with E-state index >= 15 is 0 Å². The molecule has 0 aliphatic carbocycles. The molecule has 8 nitrogen and oxygen atoms in total. The van der Waals surface area contributed by atoms with Crippen LogP contribution in [0.5, 0.6) is 0 Å². The largest absolute Gasteiger partial charge is 0 e. The van der Waals surface area contributed by atoms with Crippen LogP contribution in [0.3, 0.4) is 0 Å². The van der Waals surface area contributed by atoms with Gasteiger partial charge in [0.25, 0.3) is 0 Å². The maximum absolute atomic E-state index is 10.1. The fourth-order valence-electron chi connectivity index (χ4n) is 2.11. The van der Waals surface area contributed by atoms with Gasteiger partial charge in [-0.25, -0.2) is 0 Å². The van der Waals surface area contributed by atoms with Gasteiger partial charge in [0, 0.05) is 21.1 Å². The monoisotopic (exact) mass is 600 g/mol. The van der Waals surface area contributed by atoms with E-state index < -0.39 is 11.9 Å². The Labute approximate surface area is 190 Å². The maximum Gasteiger partial charge on any atom is 0 e. The topological polar surface area (TPSA) is 154 Å². The smallest absolute Gasteiger partial charge is 0 e. The minimum absolute atomic E-state index is 0. The second-order valence-corrected chi connectivity index (χ2v) is 9.58. The summed E-state index contributed by atoms with van der Waals surface area (Å²) in [5.74, 6) is -2.65. The van der Waals surface area contributed by atoms with Crippen LogP contribution in [0.15, 0.2) is 0 Å². The molecule has 0 bridgehead atoms. The van der Waals surface area contributed by atoms with Crippen molar-refractivity contribution in [1.82, 2.24) is 0 Å². The average molecular weight is 600 g/mol. The van der Waals surface area contributed by atoms with Crippen molar-refractivity contribution in [3.05, 3.63) is 38.4 Å². The molecule has 0 saturated carbocycles. The maximum atomic E-state index is 10.1. The van der Waals surface area contributed by atoms with Gasteiger partial charge >= 0.3 is 57.1 Å². The van der Waals surface area contributed by atoms with Crippen molar-refractivity contribution in [3.63, 3.8) is 0 Å². The average Bonchev–Trinajstić information content (AvgIpc) is 2.66. The van der Waals surface area contributed by atoms with Crippen molar-refractivity contribution >= 4 is 19.9 Å². The van der Waals surface area contributed by atoms with Crippen LogP contribution < -0.4 is 0 Å². The normalized spacial score (nSPS) is 8.21. The summed E-state index contributed by atoms with van der Waals surface area (Å²) >= 11 is 0. The molecule has 0 saturated heterocycles. The Kier molecular flexibility index (Phi) is 55.1. The van der Waals surface area contributed by atoms with Gasteiger partial charge in [0.05, 0.1) is 11.8 Å². The van der Waals surface area contributed by atoms with Crippen molar-refractivity contribution in [1.29, 1.82) is 0 Å². The molecule has 0 heterocycles. The van der Waals surface area contributed by atoms with Crippen LogP contribution in [0.2, 0.25) is 0 Å². The molecule has 10 heteroatoms. The fourth-order valence-corrected chi connectivity index (χ4v) is 5.69. The first kappa shape index (κ1) is 46.3. The molecular formula is C19H29O8PW. The molecule has 0 aromatic heterocycles. The van der Waals surface area contributed by atoms with Crippen LogP contribution in [-0.4, -0.2) is 39.1 Å². The van der Waals surface area contributed by atoms with Gasteiger partial charge in [-0.3, -0.25) is 9.59 Å². The molecule has 0 unspecified atom stereocenters. The SMILES string of the molecule is CC(C)P(C(C)C)C(C)C.C[C]([C](C)C(=O)O)C(=O)O.[C-]#[O+].[C-]#[O+].[C-]#[O+].[C-]#[O+].[W]. The third kappa shape index (κ3) is 31.9. The summed E-state index contributed by atoms with van der Waals surface area (Å²) in [7, 11) is 0.262. The first-order valence-electron chi connectivity index (χ1n) is 7.66. The predicted octanol–water partition coefficient (Wildman–Crippen LogP) is 3.89. The Balaban J connectivity index is -0.0000000482. The quantitative estimate of drug-likeness (QED) is 0.270. The van der Waals surface area contributed by atoms with Crippen LogP contribution in [0.1, 0.15) is 55.4 Å². The van der Waals surface area contributed by atoms with Crippen molar-refractivity contribution in [2.24, 2.45) is 0 Å². The molecule has 2 radical (unpaired) electrons. The van der Waals surface area contributed by atoms with Gasteiger partial charge < -0.3 is 10.2 Å². The number of hydrogen-bond acceptors (Lipinski definition) is 2. The van der Waals surface area contributed by atoms with E-state index in [9.17, 15) is 9.59 Å². The van der Waals surface area contributed by atoms with Gasteiger partial charge in [0.1, 0.15) is 0 Å². The van der Waals surface area contributed by atoms with Gasteiger partial charge in [-0.15, -0.1) is 0 Å². The summed E-state index contributed by atoms with van der Waals surface area (Å²) in [5.41, 5.74) is 2.69. The Morgan fingerprint density at radius 1 is 0.621 bits per heavy atom. The summed E-state index contributed by atoms with van der Waals surface area (Å²) in [6, 6.07) is 0. The molecular weight excluding hydrogens is 571 g/mol. The van der Waals surface area contributed by atoms with Crippen molar-refractivity contribution < 1.29 is 59.5 Å². The molecule has 0 aromatic carbocycles. The molecule has 0 atom stereocenters. The number of carboxylic acid groups (broad SMARTS) is 2. The third-order valence-corrected chi connectivity index (χ3v) is 6.57. The van der Waals surface area contributed by atoms with Gasteiger partial charge in [0.15, 0.2) is 0 Å². The predicted molar refractivity (Wildman–Crippen MR) is 101 cm³/mol. The van der Waals surface area contributed by atoms with E-state index in [-0.39, 0.29) is 40.8 Å². The summed E-state index contributed by atoms with van der Waals surface area (Å²) in [6.45, 7) is 34.6. The first-order valence-corrected chi connectivity index (χ1v) is 9.21. The zero-order chi connectivity index (χ0) is 24.6. The number of carboxylic acids is 2. The van der Waals surface area contributed by atoms with E-state index in [2.05, 4.69) is 68.1 Å². The summed E-state index contributed by atoms with van der Waals surface area (Å²) in [4.78, 5) is 20.2. The Hall–Kier alpha value is -0.982. The Morgan fingerprint density at radius 2 is 0.759 bits per heavy atom. The van der Waals surface area contributed by atoms with Crippen LogP contribution in [-0.2, 0) is 49.3 Å². The molecule has 0 rings (SSSR count). The zero-order valence-corrected chi connectivity index (χ0v) is 21.8. The summed E-state index contributed by atoms with van der Waals surface area (Å²) in [6.07, 6.45) is 0. The third-order valence-electron chi connectivity index (χ3n) is 2.99. The number of hydrogen-bond donors (Lipinski definition) is 2. The molecule has 0 aliphatic rings. The van der Waals surface area contributed by atoms with E-state index in [1.165, 1.54) is 13.8 Å². The van der Waals surface area contributed by atoms with E-state index in [1.807, 2.05) is 0 Å². The van der Waals surface area contributed by atoms with Crippen LogP contribution in [0.4, 0.5) is 0 Å². The number of carbonyl (C=O) groups is 2. The van der Waals surface area contributed by atoms with Crippen molar-refractivity contribution in [2.45, 2.75) is 72.4 Å². The molecule has 0 aromatic rings. The van der Waals surface area contributed by atoms with Gasteiger partial charge in [-0.05, 0) is 30.8 Å². The van der Waals surface area contributed by atoms with E-state index in [1.54, 1.807) is 0 Å². The molecule has 2 N–H and O–H groups in total. The molecule has 0 aliphatic heterocycles. The molecule has 164 valence electrons. The van der Waals surface area contributed by atoms with E-state index in [0.29, 0.717) is 0 Å². The molecule has 0 spiro atoms. The molecule has 0 amide bonds. The zero-order valence-electron chi connectivity index (χ0n) is 17.9. The van der Waals surface area contributed by atoms with Crippen LogP contribution in [0.25, 0.3) is 0 Å². The van der Waals surface area contributed by atoms with Gasteiger partial charge in [0.2, 0.25) is 0 Å². The van der Waals surface area contributed by atoms with Crippen molar-refractivity contribution in [2.75, 3.05) is 0 Å². The Bertz CT molecular complexity index is 395. The summed E-state index contributed by atoms with van der Waals surface area (Å²) < 4.78 is 30.0. The second-order valence-electron chi connectivity index (χ2n) is 5.59. The molecule has 0 fully saturated rings. The standard InChI is InChI=1S/C9H21P.C6H8O4.4CO.W/c1-7(2)10(8(3)4)9(5)6;1-3(5(7)8)4(2)6(9)10;4*1-2;/h7-9H,1-6H3;1-2H3,(H,7,8)(H,9,10);;;;;. The van der Waals surface area contributed by atoms with Gasteiger partial charge in [-0.1, -0.05) is 49.5 Å². The van der Waals surface area contributed by atoms with Gasteiger partial charge in [-0.2, -0.15) is 0 Å².